The predicted octanol–water partition coefficient (Wildman–Crippen LogP) is 4.63. The zero-order valence-corrected chi connectivity index (χ0v) is 26.3. The number of methoxy groups -OCH3 is 1. The Morgan fingerprint density at radius 1 is 1.09 bits per heavy atom. The van der Waals surface area contributed by atoms with Crippen LogP contribution in [-0.2, 0) is 20.9 Å². The summed E-state index contributed by atoms with van der Waals surface area (Å²) < 4.78 is 23.0. The van der Waals surface area contributed by atoms with Crippen LogP contribution in [0.5, 0.6) is 17.2 Å². The van der Waals surface area contributed by atoms with E-state index in [0.29, 0.717) is 28.1 Å². The highest BCUT2D eigenvalue weighted by Crippen LogP contribution is 2.34. The molecule has 13 heteroatoms. The molecule has 45 heavy (non-hydrogen) atoms. The van der Waals surface area contributed by atoms with Crippen molar-refractivity contribution in [3.8, 4) is 23.3 Å². The van der Waals surface area contributed by atoms with Crippen LogP contribution in [0.1, 0.15) is 42.1 Å². The Hall–Kier alpha value is -5.35. The fraction of sp³-hybridized carbons (Fsp3) is 0.219. The number of rotatable bonds is 12. The van der Waals surface area contributed by atoms with E-state index in [4.69, 9.17) is 18.9 Å². The zero-order chi connectivity index (χ0) is 32.3. The van der Waals surface area contributed by atoms with Gasteiger partial charge in [-0.3, -0.25) is 4.79 Å². The van der Waals surface area contributed by atoms with Crippen molar-refractivity contribution >= 4 is 40.1 Å². The standard InChI is InChI=1S/C32H30BrN5O7/c1-4-43-31(40)29-19(2)36-32(41)37-30(29)20-9-11-26(27(14-20)42-3)45-18-28(39)38-35-16-23-13-24(33)10-12-25(23)44-17-22-8-6-5-7-21(22)15-34/h5-14,16,30H,4,17-18H2,1-3H3,(H,38,39)(H2,36,37,41)/b35-16+/t30-/m1/s1. The van der Waals surface area contributed by atoms with Crippen molar-refractivity contribution in [3.05, 3.63) is 98.7 Å². The van der Waals surface area contributed by atoms with Crippen LogP contribution in [0.15, 0.2) is 81.5 Å². The van der Waals surface area contributed by atoms with Crippen LogP contribution < -0.4 is 30.3 Å². The van der Waals surface area contributed by atoms with E-state index in [1.807, 2.05) is 18.2 Å². The first kappa shape index (κ1) is 32.6. The van der Waals surface area contributed by atoms with Crippen LogP contribution in [0.4, 0.5) is 4.79 Å². The lowest BCUT2D eigenvalue weighted by molar-refractivity contribution is -0.139. The Morgan fingerprint density at radius 2 is 1.87 bits per heavy atom. The zero-order valence-electron chi connectivity index (χ0n) is 24.7. The number of hydrogen-bond donors (Lipinski definition) is 3. The lowest BCUT2D eigenvalue weighted by Gasteiger charge is -2.28. The number of esters is 1. The number of ether oxygens (including phenoxy) is 4. The SMILES string of the molecule is CCOC(=O)C1=C(C)NC(=O)N[C@@H]1c1ccc(OCC(=O)N/N=C/c2cc(Br)ccc2OCc2ccccc2C#N)c(OC)c1. The van der Waals surface area contributed by atoms with Gasteiger partial charge in [0, 0.05) is 21.3 Å². The third kappa shape index (κ3) is 8.39. The van der Waals surface area contributed by atoms with Gasteiger partial charge in [-0.25, -0.2) is 15.0 Å². The van der Waals surface area contributed by atoms with Gasteiger partial charge in [0.05, 0.1) is 43.2 Å². The van der Waals surface area contributed by atoms with Crippen molar-refractivity contribution in [3.63, 3.8) is 0 Å². The van der Waals surface area contributed by atoms with E-state index in [0.717, 1.165) is 10.0 Å². The molecular formula is C32H30BrN5O7. The lowest BCUT2D eigenvalue weighted by atomic mass is 9.95. The number of nitrogens with one attached hydrogen (secondary N) is 3. The largest absolute Gasteiger partial charge is 0.493 e. The number of hydrazone groups is 1. The summed E-state index contributed by atoms with van der Waals surface area (Å²) in [6.07, 6.45) is 1.44. The highest BCUT2D eigenvalue weighted by Gasteiger charge is 2.32. The number of urea groups is 1. The molecule has 1 heterocycles. The van der Waals surface area contributed by atoms with Crippen molar-refractivity contribution in [2.75, 3.05) is 20.3 Å². The average Bonchev–Trinajstić information content (AvgIpc) is 3.03. The summed E-state index contributed by atoms with van der Waals surface area (Å²) in [4.78, 5) is 37.3. The molecule has 1 aliphatic rings. The smallest absolute Gasteiger partial charge is 0.338 e. The fourth-order valence-corrected chi connectivity index (χ4v) is 4.80. The number of halogens is 1. The Balaban J connectivity index is 1.40. The Morgan fingerprint density at radius 3 is 2.62 bits per heavy atom. The summed E-state index contributed by atoms with van der Waals surface area (Å²) >= 11 is 3.43. The van der Waals surface area contributed by atoms with E-state index in [1.54, 1.807) is 56.3 Å². The van der Waals surface area contributed by atoms with Gasteiger partial charge in [-0.1, -0.05) is 40.2 Å². The summed E-state index contributed by atoms with van der Waals surface area (Å²) in [5, 5.41) is 18.7. The molecule has 3 N–H and O–H groups in total. The van der Waals surface area contributed by atoms with Gasteiger partial charge in [0.2, 0.25) is 0 Å². The van der Waals surface area contributed by atoms with Crippen LogP contribution in [0, 0.1) is 11.3 Å². The molecule has 0 saturated carbocycles. The maximum Gasteiger partial charge on any atom is 0.338 e. The summed E-state index contributed by atoms with van der Waals surface area (Å²) in [5.41, 5.74) is 5.46. The maximum atomic E-state index is 12.6. The van der Waals surface area contributed by atoms with Crippen LogP contribution in [0.3, 0.4) is 0 Å². The number of carbonyl (C=O) groups excluding carboxylic acids is 3. The minimum Gasteiger partial charge on any atom is -0.493 e. The van der Waals surface area contributed by atoms with Crippen molar-refractivity contribution in [2.45, 2.75) is 26.5 Å². The topological polar surface area (TPSA) is 160 Å². The monoisotopic (exact) mass is 675 g/mol. The van der Waals surface area contributed by atoms with Gasteiger partial charge >= 0.3 is 12.0 Å². The summed E-state index contributed by atoms with van der Waals surface area (Å²) in [7, 11) is 1.43. The molecule has 3 amide bonds. The van der Waals surface area contributed by atoms with Crippen LogP contribution in [0.2, 0.25) is 0 Å². The molecule has 3 aromatic carbocycles. The summed E-state index contributed by atoms with van der Waals surface area (Å²) in [5.74, 6) is -0.0433. The quantitative estimate of drug-likeness (QED) is 0.142. The van der Waals surface area contributed by atoms with Gasteiger partial charge in [-0.15, -0.1) is 0 Å². The molecule has 0 fully saturated rings. The van der Waals surface area contributed by atoms with E-state index >= 15 is 0 Å². The van der Waals surface area contributed by atoms with E-state index < -0.39 is 23.9 Å². The first-order valence-electron chi connectivity index (χ1n) is 13.7. The normalized spacial score (nSPS) is 14.2. The number of allylic oxidation sites excluding steroid dienone is 1. The molecule has 0 unspecified atom stereocenters. The number of nitrogens with zero attached hydrogens (tertiary/aromatic N) is 2. The Labute approximate surface area is 268 Å². The van der Waals surface area contributed by atoms with E-state index in [-0.39, 0.29) is 36.9 Å². The van der Waals surface area contributed by atoms with E-state index in [1.165, 1.54) is 13.3 Å². The molecule has 0 radical (unpaired) electrons. The van der Waals surface area contributed by atoms with E-state index in [2.05, 4.69) is 43.2 Å². The number of carbonyl (C=O) groups is 3. The van der Waals surface area contributed by atoms with Crippen LogP contribution in [-0.4, -0.2) is 44.4 Å². The van der Waals surface area contributed by atoms with Gasteiger partial charge in [-0.05, 0) is 55.8 Å². The average molecular weight is 677 g/mol. The highest BCUT2D eigenvalue weighted by atomic mass is 79.9. The van der Waals surface area contributed by atoms with Crippen molar-refractivity contribution in [1.82, 2.24) is 16.1 Å². The number of benzene rings is 3. The molecule has 232 valence electrons. The fourth-order valence-electron chi connectivity index (χ4n) is 4.42. The Kier molecular flexibility index (Phi) is 11.1. The second-order valence-electron chi connectivity index (χ2n) is 9.52. The molecule has 12 nitrogen and oxygen atoms in total. The maximum absolute atomic E-state index is 12.6. The minimum atomic E-state index is -0.786. The van der Waals surface area contributed by atoms with Gasteiger partial charge in [0.1, 0.15) is 12.4 Å². The third-order valence-electron chi connectivity index (χ3n) is 6.53. The van der Waals surface area contributed by atoms with Gasteiger partial charge in [0.15, 0.2) is 18.1 Å². The molecule has 0 bridgehead atoms. The van der Waals surface area contributed by atoms with Gasteiger partial charge in [0.25, 0.3) is 5.91 Å². The number of amides is 3. The van der Waals surface area contributed by atoms with Crippen molar-refractivity contribution < 1.29 is 33.3 Å². The first-order valence-corrected chi connectivity index (χ1v) is 14.5. The number of hydrogen-bond acceptors (Lipinski definition) is 9. The van der Waals surface area contributed by atoms with Crippen molar-refractivity contribution in [1.29, 1.82) is 5.26 Å². The third-order valence-corrected chi connectivity index (χ3v) is 7.02. The van der Waals surface area contributed by atoms with Crippen LogP contribution >= 0.6 is 15.9 Å². The highest BCUT2D eigenvalue weighted by molar-refractivity contribution is 9.10. The molecule has 0 saturated heterocycles. The molecule has 1 atom stereocenters. The predicted molar refractivity (Wildman–Crippen MR) is 168 cm³/mol. The summed E-state index contributed by atoms with van der Waals surface area (Å²) in [6.45, 7) is 3.29. The van der Waals surface area contributed by atoms with Crippen molar-refractivity contribution in [2.24, 2.45) is 5.10 Å². The Bertz CT molecular complexity index is 1700. The number of nitriles is 1. The second-order valence-corrected chi connectivity index (χ2v) is 10.4. The van der Waals surface area contributed by atoms with Gasteiger partial charge < -0.3 is 29.6 Å². The van der Waals surface area contributed by atoms with Gasteiger partial charge in [-0.2, -0.15) is 10.4 Å². The molecule has 3 aromatic rings. The second kappa shape index (κ2) is 15.4. The molecule has 1 aliphatic heterocycles. The molecule has 0 aliphatic carbocycles. The lowest BCUT2D eigenvalue weighted by Crippen LogP contribution is -2.45. The molecule has 0 aromatic heterocycles. The minimum absolute atomic E-state index is 0.175. The van der Waals surface area contributed by atoms with E-state index in [9.17, 15) is 19.6 Å². The first-order chi connectivity index (χ1) is 21.7. The molecular weight excluding hydrogens is 646 g/mol. The van der Waals surface area contributed by atoms with Crippen LogP contribution in [0.25, 0.3) is 0 Å². The summed E-state index contributed by atoms with van der Waals surface area (Å²) in [6, 6.07) is 18.2. The molecule has 0 spiro atoms. The molecule has 4 rings (SSSR count).